The summed E-state index contributed by atoms with van der Waals surface area (Å²) >= 11 is 0. The first-order valence-corrected chi connectivity index (χ1v) is 6.49. The van der Waals surface area contributed by atoms with Crippen LogP contribution in [0.25, 0.3) is 0 Å². The number of aromatic hydroxyl groups is 2. The maximum atomic E-state index is 9.94. The number of hydrogen-bond donors (Lipinski definition) is 2. The van der Waals surface area contributed by atoms with E-state index in [1.165, 1.54) is 6.07 Å². The molecule has 0 saturated carbocycles. The summed E-state index contributed by atoms with van der Waals surface area (Å²) in [6.07, 6.45) is 0.789. The van der Waals surface area contributed by atoms with Gasteiger partial charge in [0.2, 0.25) is 0 Å². The average Bonchev–Trinajstić information content (AvgIpc) is 2.46. The van der Waals surface area contributed by atoms with Crippen LogP contribution < -0.4 is 9.47 Å². The zero-order valence-electron chi connectivity index (χ0n) is 11.2. The highest BCUT2D eigenvalue weighted by atomic mass is 16.5. The van der Waals surface area contributed by atoms with Gasteiger partial charge in [-0.1, -0.05) is 12.1 Å². The van der Waals surface area contributed by atoms with Crippen LogP contribution in [0, 0.1) is 0 Å². The molecule has 1 atom stereocenters. The molecule has 2 aromatic rings. The standard InChI is InChI=1S/C16H16O4/c1-19-13-4-2-10-6-11(9-20-16(10)8-13)14-5-3-12(17)7-15(14)18/h2-5,7-8,11,17-18H,6,9H2,1H3/t11-/m0/s1. The van der Waals surface area contributed by atoms with Gasteiger partial charge in [0.05, 0.1) is 13.7 Å². The Kier molecular flexibility index (Phi) is 3.14. The van der Waals surface area contributed by atoms with E-state index in [-0.39, 0.29) is 17.4 Å². The highest BCUT2D eigenvalue weighted by Crippen LogP contribution is 2.38. The summed E-state index contributed by atoms with van der Waals surface area (Å²) in [5.41, 5.74) is 1.89. The molecule has 0 saturated heterocycles. The van der Waals surface area contributed by atoms with Crippen molar-refractivity contribution in [2.75, 3.05) is 13.7 Å². The average molecular weight is 272 g/mol. The smallest absolute Gasteiger partial charge is 0.126 e. The second-order valence-electron chi connectivity index (χ2n) is 4.93. The molecule has 1 aliphatic rings. The molecule has 104 valence electrons. The van der Waals surface area contributed by atoms with Crippen molar-refractivity contribution >= 4 is 0 Å². The van der Waals surface area contributed by atoms with Crippen molar-refractivity contribution in [2.45, 2.75) is 12.3 Å². The molecule has 0 aliphatic carbocycles. The van der Waals surface area contributed by atoms with Crippen molar-refractivity contribution in [2.24, 2.45) is 0 Å². The highest BCUT2D eigenvalue weighted by Gasteiger charge is 2.24. The number of fused-ring (bicyclic) bond motifs is 1. The first-order chi connectivity index (χ1) is 9.67. The van der Waals surface area contributed by atoms with Crippen LogP contribution in [0.15, 0.2) is 36.4 Å². The van der Waals surface area contributed by atoms with E-state index in [0.717, 1.165) is 29.0 Å². The zero-order chi connectivity index (χ0) is 14.1. The molecule has 1 heterocycles. The molecule has 1 aliphatic heterocycles. The SMILES string of the molecule is COc1ccc2c(c1)OC[C@@H](c1ccc(O)cc1O)C2. The second kappa shape index (κ2) is 4.96. The lowest BCUT2D eigenvalue weighted by Gasteiger charge is -2.26. The normalized spacial score (nSPS) is 17.1. The van der Waals surface area contributed by atoms with Gasteiger partial charge in [-0.15, -0.1) is 0 Å². The molecule has 0 bridgehead atoms. The van der Waals surface area contributed by atoms with Gasteiger partial charge in [0.15, 0.2) is 0 Å². The third-order valence-electron chi connectivity index (χ3n) is 3.63. The number of benzene rings is 2. The van der Waals surface area contributed by atoms with E-state index in [1.54, 1.807) is 19.2 Å². The highest BCUT2D eigenvalue weighted by molar-refractivity contribution is 5.46. The van der Waals surface area contributed by atoms with Crippen LogP contribution in [-0.4, -0.2) is 23.9 Å². The number of rotatable bonds is 2. The molecular formula is C16H16O4. The van der Waals surface area contributed by atoms with Crippen LogP contribution in [0.1, 0.15) is 17.0 Å². The van der Waals surface area contributed by atoms with Crippen LogP contribution in [-0.2, 0) is 6.42 Å². The fourth-order valence-corrected chi connectivity index (χ4v) is 2.56. The fourth-order valence-electron chi connectivity index (χ4n) is 2.56. The lowest BCUT2D eigenvalue weighted by molar-refractivity contribution is 0.258. The van der Waals surface area contributed by atoms with E-state index in [0.29, 0.717) is 6.61 Å². The molecular weight excluding hydrogens is 256 g/mol. The lowest BCUT2D eigenvalue weighted by Crippen LogP contribution is -2.19. The second-order valence-corrected chi connectivity index (χ2v) is 4.93. The third-order valence-corrected chi connectivity index (χ3v) is 3.63. The van der Waals surface area contributed by atoms with Crippen molar-refractivity contribution in [3.63, 3.8) is 0 Å². The van der Waals surface area contributed by atoms with E-state index in [4.69, 9.17) is 9.47 Å². The number of phenols is 2. The van der Waals surface area contributed by atoms with E-state index in [2.05, 4.69) is 0 Å². The van der Waals surface area contributed by atoms with Gasteiger partial charge >= 0.3 is 0 Å². The Morgan fingerprint density at radius 2 is 2.00 bits per heavy atom. The van der Waals surface area contributed by atoms with Crippen LogP contribution in [0.5, 0.6) is 23.0 Å². The molecule has 0 radical (unpaired) electrons. The summed E-state index contributed by atoms with van der Waals surface area (Å²) in [6, 6.07) is 10.5. The van der Waals surface area contributed by atoms with Gasteiger partial charge in [-0.05, 0) is 24.1 Å². The summed E-state index contributed by atoms with van der Waals surface area (Å²) in [5, 5.41) is 19.3. The van der Waals surface area contributed by atoms with Crippen molar-refractivity contribution in [1.29, 1.82) is 0 Å². The minimum absolute atomic E-state index is 0.0631. The molecule has 0 aromatic heterocycles. The van der Waals surface area contributed by atoms with Gasteiger partial charge in [-0.3, -0.25) is 0 Å². The topological polar surface area (TPSA) is 58.9 Å². The number of hydrogen-bond acceptors (Lipinski definition) is 4. The Balaban J connectivity index is 1.88. The van der Waals surface area contributed by atoms with Gasteiger partial charge < -0.3 is 19.7 Å². The van der Waals surface area contributed by atoms with Crippen molar-refractivity contribution < 1.29 is 19.7 Å². The van der Waals surface area contributed by atoms with Gasteiger partial charge in [0.25, 0.3) is 0 Å². The maximum absolute atomic E-state index is 9.94. The minimum Gasteiger partial charge on any atom is -0.508 e. The van der Waals surface area contributed by atoms with Gasteiger partial charge in [-0.25, -0.2) is 0 Å². The predicted octanol–water partition coefficient (Wildman–Crippen LogP) is 2.83. The van der Waals surface area contributed by atoms with Crippen molar-refractivity contribution in [3.05, 3.63) is 47.5 Å². The molecule has 0 spiro atoms. The fraction of sp³-hybridized carbons (Fsp3) is 0.250. The molecule has 0 unspecified atom stereocenters. The first kappa shape index (κ1) is 12.7. The number of ether oxygens (including phenoxy) is 2. The van der Waals surface area contributed by atoms with Crippen molar-refractivity contribution in [1.82, 2.24) is 0 Å². The molecule has 2 N–H and O–H groups in total. The first-order valence-electron chi connectivity index (χ1n) is 6.49. The number of phenolic OH excluding ortho intramolecular Hbond substituents is 2. The summed E-state index contributed by atoms with van der Waals surface area (Å²) in [7, 11) is 1.63. The Hall–Kier alpha value is -2.36. The van der Waals surface area contributed by atoms with E-state index in [9.17, 15) is 10.2 Å². The van der Waals surface area contributed by atoms with Gasteiger partial charge in [-0.2, -0.15) is 0 Å². The van der Waals surface area contributed by atoms with E-state index in [1.807, 2.05) is 18.2 Å². The quantitative estimate of drug-likeness (QED) is 0.882. The van der Waals surface area contributed by atoms with Crippen LogP contribution in [0.3, 0.4) is 0 Å². The predicted molar refractivity (Wildman–Crippen MR) is 74.7 cm³/mol. The Bertz CT molecular complexity index is 636. The van der Waals surface area contributed by atoms with Crippen LogP contribution in [0.2, 0.25) is 0 Å². The molecule has 2 aromatic carbocycles. The molecule has 3 rings (SSSR count). The summed E-state index contributed by atoms with van der Waals surface area (Å²) < 4.78 is 10.9. The van der Waals surface area contributed by atoms with Gasteiger partial charge in [0.1, 0.15) is 23.0 Å². The molecule has 0 fully saturated rings. The summed E-state index contributed by atoms with van der Waals surface area (Å²) in [5.74, 6) is 1.86. The third kappa shape index (κ3) is 2.25. The van der Waals surface area contributed by atoms with Crippen molar-refractivity contribution in [3.8, 4) is 23.0 Å². The van der Waals surface area contributed by atoms with Crippen LogP contribution in [0.4, 0.5) is 0 Å². The van der Waals surface area contributed by atoms with Gasteiger partial charge in [0, 0.05) is 23.6 Å². The van der Waals surface area contributed by atoms with E-state index >= 15 is 0 Å². The molecule has 20 heavy (non-hydrogen) atoms. The number of methoxy groups -OCH3 is 1. The molecule has 0 amide bonds. The van der Waals surface area contributed by atoms with Crippen LogP contribution >= 0.6 is 0 Å². The molecule has 4 heteroatoms. The summed E-state index contributed by atoms with van der Waals surface area (Å²) in [6.45, 7) is 0.499. The Morgan fingerprint density at radius 1 is 1.15 bits per heavy atom. The van der Waals surface area contributed by atoms with E-state index < -0.39 is 0 Å². The largest absolute Gasteiger partial charge is 0.508 e. The summed E-state index contributed by atoms with van der Waals surface area (Å²) in [4.78, 5) is 0. The lowest BCUT2D eigenvalue weighted by atomic mass is 9.89. The Morgan fingerprint density at radius 3 is 2.75 bits per heavy atom. The maximum Gasteiger partial charge on any atom is 0.126 e. The minimum atomic E-state index is 0.0631. The zero-order valence-corrected chi connectivity index (χ0v) is 11.2. The monoisotopic (exact) mass is 272 g/mol. The Labute approximate surface area is 117 Å². The molecule has 4 nitrogen and oxygen atoms in total.